The van der Waals surface area contributed by atoms with Crippen LogP contribution in [0.25, 0.3) is 0 Å². The summed E-state index contributed by atoms with van der Waals surface area (Å²) >= 11 is 5.21. The zero-order chi connectivity index (χ0) is 22.1. The minimum Gasteiger partial charge on any atom is -0.493 e. The third-order valence-corrected chi connectivity index (χ3v) is 4.39. The maximum atomic E-state index is 10.9. The van der Waals surface area contributed by atoms with Crippen LogP contribution in [-0.2, 0) is 6.61 Å². The minimum atomic E-state index is -0.961. The van der Waals surface area contributed by atoms with E-state index in [2.05, 4.69) is 15.8 Å². The number of para-hydroxylation sites is 1. The first-order chi connectivity index (χ1) is 15.0. The Morgan fingerprint density at radius 1 is 1.06 bits per heavy atom. The molecule has 8 heteroatoms. The molecule has 0 saturated heterocycles. The highest BCUT2D eigenvalue weighted by Gasteiger charge is 2.07. The van der Waals surface area contributed by atoms with Crippen LogP contribution in [0.5, 0.6) is 11.5 Å². The number of benzene rings is 3. The van der Waals surface area contributed by atoms with Gasteiger partial charge in [-0.3, -0.25) is 5.43 Å². The molecule has 3 rings (SSSR count). The zero-order valence-corrected chi connectivity index (χ0v) is 17.6. The summed E-state index contributed by atoms with van der Waals surface area (Å²) in [6.07, 6.45) is 1.62. The highest BCUT2D eigenvalue weighted by atomic mass is 32.1. The van der Waals surface area contributed by atoms with Gasteiger partial charge in [-0.1, -0.05) is 30.3 Å². The van der Waals surface area contributed by atoms with E-state index in [-0.39, 0.29) is 12.2 Å². The molecule has 0 bridgehead atoms. The maximum absolute atomic E-state index is 10.9. The normalized spacial score (nSPS) is 10.5. The molecule has 158 valence electrons. The summed E-state index contributed by atoms with van der Waals surface area (Å²) in [6.45, 7) is 0.282. The van der Waals surface area contributed by atoms with Gasteiger partial charge in [0, 0.05) is 5.69 Å². The van der Waals surface area contributed by atoms with E-state index in [0.717, 1.165) is 16.8 Å². The van der Waals surface area contributed by atoms with Crippen molar-refractivity contribution in [1.82, 2.24) is 5.43 Å². The Hall–Kier alpha value is -3.91. The first-order valence-electron chi connectivity index (χ1n) is 9.33. The molecule has 3 aromatic carbocycles. The Labute approximate surface area is 185 Å². The monoisotopic (exact) mass is 435 g/mol. The second-order valence-corrected chi connectivity index (χ2v) is 6.80. The van der Waals surface area contributed by atoms with Gasteiger partial charge in [-0.15, -0.1) is 0 Å². The topological polar surface area (TPSA) is 92.2 Å². The molecule has 0 spiro atoms. The van der Waals surface area contributed by atoms with Gasteiger partial charge >= 0.3 is 5.97 Å². The average Bonchev–Trinajstić information content (AvgIpc) is 2.79. The Bertz CT molecular complexity index is 1070. The molecule has 0 aliphatic heterocycles. The van der Waals surface area contributed by atoms with Crippen molar-refractivity contribution in [3.63, 3.8) is 0 Å². The van der Waals surface area contributed by atoms with Crippen LogP contribution >= 0.6 is 12.2 Å². The molecule has 0 radical (unpaired) electrons. The van der Waals surface area contributed by atoms with Crippen LogP contribution in [0, 0.1) is 0 Å². The molecule has 0 aromatic heterocycles. The Balaban J connectivity index is 1.56. The second-order valence-electron chi connectivity index (χ2n) is 6.39. The molecule has 0 saturated carbocycles. The second kappa shape index (κ2) is 10.7. The molecular formula is C23H21N3O4S. The first kappa shape index (κ1) is 21.8. The highest BCUT2D eigenvalue weighted by molar-refractivity contribution is 7.80. The molecule has 0 atom stereocenters. The lowest BCUT2D eigenvalue weighted by Crippen LogP contribution is -2.23. The van der Waals surface area contributed by atoms with Crippen molar-refractivity contribution in [2.45, 2.75) is 6.61 Å². The van der Waals surface area contributed by atoms with E-state index in [1.807, 2.05) is 36.4 Å². The summed E-state index contributed by atoms with van der Waals surface area (Å²) in [5, 5.41) is 16.5. The molecular weight excluding hydrogens is 414 g/mol. The summed E-state index contributed by atoms with van der Waals surface area (Å²) in [7, 11) is 1.56. The van der Waals surface area contributed by atoms with Gasteiger partial charge < -0.3 is 19.9 Å². The minimum absolute atomic E-state index is 0.233. The number of methoxy groups -OCH3 is 1. The van der Waals surface area contributed by atoms with Crippen molar-refractivity contribution in [3.05, 3.63) is 89.5 Å². The number of carbonyl (C=O) groups is 1. The smallest absolute Gasteiger partial charge is 0.335 e. The van der Waals surface area contributed by atoms with Crippen LogP contribution in [0.2, 0.25) is 0 Å². The largest absolute Gasteiger partial charge is 0.493 e. The molecule has 3 N–H and O–H groups in total. The molecule has 0 unspecified atom stereocenters. The Morgan fingerprint density at radius 3 is 2.48 bits per heavy atom. The number of carboxylic acids is 1. The fourth-order valence-electron chi connectivity index (χ4n) is 2.63. The van der Waals surface area contributed by atoms with Crippen LogP contribution in [-0.4, -0.2) is 29.5 Å². The summed E-state index contributed by atoms with van der Waals surface area (Å²) < 4.78 is 11.2. The van der Waals surface area contributed by atoms with Crippen molar-refractivity contribution in [3.8, 4) is 11.5 Å². The van der Waals surface area contributed by atoms with Crippen LogP contribution in [0.4, 0.5) is 5.69 Å². The van der Waals surface area contributed by atoms with Gasteiger partial charge in [0.2, 0.25) is 0 Å². The number of hydrogen-bond acceptors (Lipinski definition) is 5. The van der Waals surface area contributed by atoms with Gasteiger partial charge in [-0.05, 0) is 65.8 Å². The summed E-state index contributed by atoms with van der Waals surface area (Å²) in [5.41, 5.74) is 5.52. The molecule has 3 aromatic rings. The van der Waals surface area contributed by atoms with Crippen LogP contribution in [0.1, 0.15) is 21.5 Å². The van der Waals surface area contributed by atoms with Gasteiger partial charge in [-0.2, -0.15) is 5.10 Å². The van der Waals surface area contributed by atoms with Gasteiger partial charge in [0.1, 0.15) is 6.61 Å². The number of aromatic carboxylic acids is 1. The molecule has 31 heavy (non-hydrogen) atoms. The predicted molar refractivity (Wildman–Crippen MR) is 124 cm³/mol. The zero-order valence-electron chi connectivity index (χ0n) is 16.7. The number of hydrogen-bond donors (Lipinski definition) is 3. The molecule has 0 aliphatic rings. The summed E-state index contributed by atoms with van der Waals surface area (Å²) in [4.78, 5) is 10.9. The van der Waals surface area contributed by atoms with Gasteiger partial charge in [0.05, 0.1) is 18.9 Å². The third kappa shape index (κ3) is 6.55. The predicted octanol–water partition coefficient (Wildman–Crippen LogP) is 4.29. The standard InChI is InChI=1S/C23H21N3O4S/c1-29-21-13-17(14-24-26-23(31)25-19-5-3-2-4-6-19)9-12-20(21)30-15-16-7-10-18(11-8-16)22(27)28/h2-14H,15H2,1H3,(H,27,28)(H2,25,26,31)/b24-14+. The Morgan fingerprint density at radius 2 is 1.81 bits per heavy atom. The van der Waals surface area contributed by atoms with Crippen LogP contribution in [0.3, 0.4) is 0 Å². The quantitative estimate of drug-likeness (QED) is 0.276. The fourth-order valence-corrected chi connectivity index (χ4v) is 2.80. The number of thiocarbonyl (C=S) groups is 1. The number of anilines is 1. The average molecular weight is 436 g/mol. The molecule has 0 fully saturated rings. The number of ether oxygens (including phenoxy) is 2. The Kier molecular flexibility index (Phi) is 7.56. The van der Waals surface area contributed by atoms with Gasteiger partial charge in [-0.25, -0.2) is 4.79 Å². The number of carboxylic acid groups (broad SMARTS) is 1. The molecule has 0 heterocycles. The van der Waals surface area contributed by atoms with E-state index in [4.69, 9.17) is 26.8 Å². The van der Waals surface area contributed by atoms with E-state index in [0.29, 0.717) is 16.6 Å². The lowest BCUT2D eigenvalue weighted by atomic mass is 10.1. The van der Waals surface area contributed by atoms with Gasteiger partial charge in [0.15, 0.2) is 16.6 Å². The SMILES string of the molecule is COc1cc(/C=N/NC(=S)Nc2ccccc2)ccc1OCc1ccc(C(=O)O)cc1. The number of nitrogens with one attached hydrogen (secondary N) is 2. The highest BCUT2D eigenvalue weighted by Crippen LogP contribution is 2.28. The maximum Gasteiger partial charge on any atom is 0.335 e. The van der Waals surface area contributed by atoms with E-state index in [1.54, 1.807) is 49.7 Å². The van der Waals surface area contributed by atoms with Crippen LogP contribution in [0.15, 0.2) is 77.9 Å². The van der Waals surface area contributed by atoms with E-state index < -0.39 is 5.97 Å². The first-order valence-corrected chi connectivity index (χ1v) is 9.74. The third-order valence-electron chi connectivity index (χ3n) is 4.19. The molecule has 0 amide bonds. The van der Waals surface area contributed by atoms with Crippen molar-refractivity contribution < 1.29 is 19.4 Å². The summed E-state index contributed by atoms with van der Waals surface area (Å²) in [5.74, 6) is 0.157. The summed E-state index contributed by atoms with van der Waals surface area (Å²) in [6, 6.07) is 21.5. The van der Waals surface area contributed by atoms with Crippen molar-refractivity contribution in [2.75, 3.05) is 12.4 Å². The lowest BCUT2D eigenvalue weighted by molar-refractivity contribution is 0.0697. The molecule has 0 aliphatic carbocycles. The van der Waals surface area contributed by atoms with Gasteiger partial charge in [0.25, 0.3) is 0 Å². The van der Waals surface area contributed by atoms with Crippen molar-refractivity contribution in [2.24, 2.45) is 5.10 Å². The number of rotatable bonds is 8. The van der Waals surface area contributed by atoms with Crippen molar-refractivity contribution in [1.29, 1.82) is 0 Å². The fraction of sp³-hybridized carbons (Fsp3) is 0.0870. The molecule has 7 nitrogen and oxygen atoms in total. The van der Waals surface area contributed by atoms with E-state index in [1.165, 1.54) is 0 Å². The van der Waals surface area contributed by atoms with E-state index >= 15 is 0 Å². The van der Waals surface area contributed by atoms with Crippen molar-refractivity contribution >= 4 is 35.2 Å². The number of nitrogens with zero attached hydrogens (tertiary/aromatic N) is 1. The number of hydrazone groups is 1. The lowest BCUT2D eigenvalue weighted by Gasteiger charge is -2.11. The van der Waals surface area contributed by atoms with Crippen LogP contribution < -0.4 is 20.2 Å². The van der Waals surface area contributed by atoms with E-state index in [9.17, 15) is 4.79 Å².